The molecule has 9 heteroatoms. The number of hydrogen-bond acceptors (Lipinski definition) is 7. The summed E-state index contributed by atoms with van der Waals surface area (Å²) in [4.78, 5) is 49.0. The van der Waals surface area contributed by atoms with E-state index in [2.05, 4.69) is 5.32 Å². The molecule has 0 atom stereocenters. The molecule has 0 saturated carbocycles. The van der Waals surface area contributed by atoms with Gasteiger partial charge < -0.3 is 19.5 Å². The van der Waals surface area contributed by atoms with Crippen molar-refractivity contribution in [1.29, 1.82) is 0 Å². The highest BCUT2D eigenvalue weighted by molar-refractivity contribution is 6.52. The molecule has 2 aliphatic heterocycles. The van der Waals surface area contributed by atoms with Crippen molar-refractivity contribution >= 4 is 29.3 Å². The molecule has 2 aromatic carbocycles. The van der Waals surface area contributed by atoms with Crippen LogP contribution in [0.2, 0.25) is 0 Å². The number of nitrogens with zero attached hydrogens (tertiary/aromatic N) is 1. The molecule has 29 heavy (non-hydrogen) atoms. The number of fused-ring (bicyclic) bond motifs is 2. The Hall–Kier alpha value is -3.88. The molecule has 1 N–H and O–H groups in total. The van der Waals surface area contributed by atoms with E-state index in [1.165, 1.54) is 6.07 Å². The third-order valence-corrected chi connectivity index (χ3v) is 4.46. The van der Waals surface area contributed by atoms with Crippen LogP contribution in [0.4, 0.5) is 5.69 Å². The van der Waals surface area contributed by atoms with Crippen molar-refractivity contribution in [1.82, 2.24) is 5.32 Å². The molecule has 0 saturated heterocycles. The summed E-state index contributed by atoms with van der Waals surface area (Å²) >= 11 is 0. The lowest BCUT2D eigenvalue weighted by Crippen LogP contribution is -2.37. The van der Waals surface area contributed by atoms with Crippen molar-refractivity contribution in [2.75, 3.05) is 24.8 Å². The molecule has 0 fully saturated rings. The summed E-state index contributed by atoms with van der Waals surface area (Å²) in [6, 6.07) is 11.7. The van der Waals surface area contributed by atoms with Gasteiger partial charge in [-0.05, 0) is 29.8 Å². The van der Waals surface area contributed by atoms with E-state index in [-0.39, 0.29) is 18.9 Å². The Morgan fingerprint density at radius 1 is 1.07 bits per heavy atom. The molecule has 0 spiro atoms. The minimum Gasteiger partial charge on any atom is -0.454 e. The summed E-state index contributed by atoms with van der Waals surface area (Å²) in [5.41, 5.74) is 1.39. The van der Waals surface area contributed by atoms with Crippen LogP contribution in [0.15, 0.2) is 42.5 Å². The lowest BCUT2D eigenvalue weighted by molar-refractivity contribution is -0.147. The summed E-state index contributed by atoms with van der Waals surface area (Å²) in [6.45, 7) is -0.561. The molecule has 0 aliphatic carbocycles. The zero-order chi connectivity index (χ0) is 20.4. The van der Waals surface area contributed by atoms with Crippen molar-refractivity contribution in [3.05, 3.63) is 53.6 Å². The number of carbonyl (C=O) groups is 4. The monoisotopic (exact) mass is 396 g/mol. The van der Waals surface area contributed by atoms with Gasteiger partial charge in [0.2, 0.25) is 6.79 Å². The average molecular weight is 396 g/mol. The Kier molecular flexibility index (Phi) is 4.86. The van der Waals surface area contributed by atoms with Crippen molar-refractivity contribution in [2.45, 2.75) is 6.54 Å². The molecule has 0 radical (unpaired) electrons. The summed E-state index contributed by atoms with van der Waals surface area (Å²) in [6.07, 6.45) is 0. The van der Waals surface area contributed by atoms with Crippen molar-refractivity contribution in [3.8, 4) is 11.5 Å². The molecule has 2 amide bonds. The van der Waals surface area contributed by atoms with Gasteiger partial charge >= 0.3 is 5.97 Å². The molecule has 2 aromatic rings. The highest BCUT2D eigenvalue weighted by Crippen LogP contribution is 2.32. The number of esters is 1. The molecule has 4 rings (SSSR count). The summed E-state index contributed by atoms with van der Waals surface area (Å²) < 4.78 is 15.4. The first-order chi connectivity index (χ1) is 14.0. The number of ether oxygens (including phenoxy) is 3. The van der Waals surface area contributed by atoms with Crippen LogP contribution in [0.5, 0.6) is 11.5 Å². The number of rotatable bonds is 6. The average Bonchev–Trinajstić information content (AvgIpc) is 3.29. The second-order valence-corrected chi connectivity index (χ2v) is 6.36. The molecule has 2 aliphatic rings. The van der Waals surface area contributed by atoms with Crippen LogP contribution in [-0.2, 0) is 25.7 Å². The highest BCUT2D eigenvalue weighted by Gasteiger charge is 2.36. The Balaban J connectivity index is 1.26. The van der Waals surface area contributed by atoms with Gasteiger partial charge in [0.1, 0.15) is 6.54 Å². The molecule has 0 bridgehead atoms. The maximum atomic E-state index is 12.0. The van der Waals surface area contributed by atoms with Crippen LogP contribution < -0.4 is 19.7 Å². The van der Waals surface area contributed by atoms with Crippen molar-refractivity contribution < 1.29 is 33.4 Å². The fourth-order valence-corrected chi connectivity index (χ4v) is 3.03. The molecule has 2 heterocycles. The standard InChI is InChI=1S/C20H16N2O7/c23-17(21-8-12-5-6-15-16(7-12)29-11-28-15)10-27-18(24)9-22-14-4-2-1-3-13(14)19(25)20(22)26/h1-7H,8-11H2,(H,21,23). The van der Waals surface area contributed by atoms with Crippen LogP contribution in [0, 0.1) is 0 Å². The van der Waals surface area contributed by atoms with Crippen LogP contribution in [0.25, 0.3) is 0 Å². The SMILES string of the molecule is O=C(COC(=O)CN1C(=O)C(=O)c2ccccc21)NCc1ccc2c(c1)OCO2. The Labute approximate surface area is 165 Å². The van der Waals surface area contributed by atoms with E-state index in [9.17, 15) is 19.2 Å². The second kappa shape index (κ2) is 7.63. The third-order valence-electron chi connectivity index (χ3n) is 4.46. The molecule has 9 nitrogen and oxygen atoms in total. The van der Waals surface area contributed by atoms with Gasteiger partial charge in [0.05, 0.1) is 11.3 Å². The zero-order valence-corrected chi connectivity index (χ0v) is 15.2. The second-order valence-electron chi connectivity index (χ2n) is 6.36. The molecular formula is C20H16N2O7. The first-order valence-corrected chi connectivity index (χ1v) is 8.79. The Morgan fingerprint density at radius 3 is 2.72 bits per heavy atom. The van der Waals surface area contributed by atoms with Crippen LogP contribution >= 0.6 is 0 Å². The number of hydrogen-bond donors (Lipinski definition) is 1. The number of carbonyl (C=O) groups excluding carboxylic acids is 4. The maximum Gasteiger partial charge on any atom is 0.326 e. The number of amides is 2. The Bertz CT molecular complexity index is 1020. The van der Waals surface area contributed by atoms with Crippen molar-refractivity contribution in [2.24, 2.45) is 0 Å². The fraction of sp³-hybridized carbons (Fsp3) is 0.200. The topological polar surface area (TPSA) is 111 Å². The van der Waals surface area contributed by atoms with Crippen LogP contribution in [0.1, 0.15) is 15.9 Å². The van der Waals surface area contributed by atoms with Gasteiger partial charge in [0.25, 0.3) is 17.6 Å². The van der Waals surface area contributed by atoms with E-state index < -0.39 is 36.7 Å². The molecular weight excluding hydrogens is 380 g/mol. The molecule has 0 aromatic heterocycles. The fourth-order valence-electron chi connectivity index (χ4n) is 3.03. The van der Waals surface area contributed by atoms with E-state index in [1.54, 1.807) is 36.4 Å². The summed E-state index contributed by atoms with van der Waals surface area (Å²) in [7, 11) is 0. The minimum atomic E-state index is -0.796. The lowest BCUT2D eigenvalue weighted by Gasteiger charge is -2.15. The van der Waals surface area contributed by atoms with Gasteiger partial charge in [0, 0.05) is 6.54 Å². The van der Waals surface area contributed by atoms with Crippen molar-refractivity contribution in [3.63, 3.8) is 0 Å². The van der Waals surface area contributed by atoms with Gasteiger partial charge in [-0.2, -0.15) is 0 Å². The number of nitrogens with one attached hydrogen (secondary N) is 1. The smallest absolute Gasteiger partial charge is 0.326 e. The largest absolute Gasteiger partial charge is 0.454 e. The predicted molar refractivity (Wildman–Crippen MR) is 98.5 cm³/mol. The summed E-state index contributed by atoms with van der Waals surface area (Å²) in [5.74, 6) is -1.51. The third kappa shape index (κ3) is 3.75. The summed E-state index contributed by atoms with van der Waals surface area (Å²) in [5, 5.41) is 2.62. The number of anilines is 1. The van der Waals surface area contributed by atoms with Crippen LogP contribution in [-0.4, -0.2) is 43.5 Å². The minimum absolute atomic E-state index is 0.163. The quantitative estimate of drug-likeness (QED) is 0.568. The predicted octanol–water partition coefficient (Wildman–Crippen LogP) is 0.804. The normalized spacial score (nSPS) is 14.0. The number of para-hydroxylation sites is 1. The maximum absolute atomic E-state index is 12.0. The zero-order valence-electron chi connectivity index (χ0n) is 15.2. The number of ketones is 1. The first kappa shape index (κ1) is 18.5. The van der Waals surface area contributed by atoms with E-state index in [1.807, 2.05) is 0 Å². The van der Waals surface area contributed by atoms with E-state index in [4.69, 9.17) is 14.2 Å². The van der Waals surface area contributed by atoms with Crippen LogP contribution in [0.3, 0.4) is 0 Å². The Morgan fingerprint density at radius 2 is 1.86 bits per heavy atom. The van der Waals surface area contributed by atoms with E-state index in [0.29, 0.717) is 17.2 Å². The van der Waals surface area contributed by atoms with Gasteiger partial charge in [-0.3, -0.25) is 24.1 Å². The van der Waals surface area contributed by atoms with Gasteiger partial charge in [0.15, 0.2) is 18.1 Å². The molecule has 0 unspecified atom stereocenters. The van der Waals surface area contributed by atoms with Gasteiger partial charge in [-0.15, -0.1) is 0 Å². The first-order valence-electron chi connectivity index (χ1n) is 8.79. The highest BCUT2D eigenvalue weighted by atomic mass is 16.7. The lowest BCUT2D eigenvalue weighted by atomic mass is 10.1. The number of benzene rings is 2. The van der Waals surface area contributed by atoms with Gasteiger partial charge in [-0.25, -0.2) is 0 Å². The number of Topliss-reactive ketones (excluding diaryl/α,β-unsaturated/α-hetero) is 1. The van der Waals surface area contributed by atoms with Gasteiger partial charge in [-0.1, -0.05) is 18.2 Å². The molecule has 148 valence electrons. The van der Waals surface area contributed by atoms with E-state index >= 15 is 0 Å². The van der Waals surface area contributed by atoms with E-state index in [0.717, 1.165) is 10.5 Å².